The van der Waals surface area contributed by atoms with Crippen LogP contribution in [0, 0.1) is 3.57 Å². The summed E-state index contributed by atoms with van der Waals surface area (Å²) in [5.74, 6) is -0.0245. The van der Waals surface area contributed by atoms with Crippen LogP contribution < -0.4 is 10.3 Å². The van der Waals surface area contributed by atoms with E-state index in [4.69, 9.17) is 4.74 Å². The highest BCUT2D eigenvalue weighted by Gasteiger charge is 2.07. The van der Waals surface area contributed by atoms with Crippen molar-refractivity contribution in [3.05, 3.63) is 86.9 Å². The second-order valence-corrected chi connectivity index (χ2v) is 6.42. The largest absolute Gasteiger partial charge is 0.425 e. The standard InChI is InChI=1S/C19H14INO3/c20-16-8-4-14(5-9-16)15-6-10-17(11-7-15)24-19(23)13-21-12-2-1-3-18(21)22/h1-12H,13H2. The maximum Gasteiger partial charge on any atom is 0.331 e. The number of halogens is 1. The highest BCUT2D eigenvalue weighted by Crippen LogP contribution is 2.23. The third-order valence-electron chi connectivity index (χ3n) is 3.46. The Kier molecular flexibility index (Phi) is 5.10. The minimum Gasteiger partial charge on any atom is -0.425 e. The highest BCUT2D eigenvalue weighted by atomic mass is 127. The molecule has 0 spiro atoms. The number of benzene rings is 2. The van der Waals surface area contributed by atoms with Gasteiger partial charge in [0.2, 0.25) is 0 Å². The van der Waals surface area contributed by atoms with Crippen LogP contribution in [0.1, 0.15) is 0 Å². The van der Waals surface area contributed by atoms with E-state index >= 15 is 0 Å². The SMILES string of the molecule is O=C(Cn1ccccc1=O)Oc1ccc(-c2ccc(I)cc2)cc1. The number of carbonyl (C=O) groups is 1. The Bertz CT molecular complexity index is 899. The molecule has 24 heavy (non-hydrogen) atoms. The van der Waals surface area contributed by atoms with Gasteiger partial charge in [-0.05, 0) is 64.0 Å². The van der Waals surface area contributed by atoms with Gasteiger partial charge in [0.1, 0.15) is 12.3 Å². The molecule has 0 aliphatic heterocycles. The Morgan fingerprint density at radius 1 is 0.917 bits per heavy atom. The maximum absolute atomic E-state index is 11.9. The number of ether oxygens (including phenoxy) is 1. The molecule has 0 amide bonds. The van der Waals surface area contributed by atoms with Crippen molar-refractivity contribution >= 4 is 28.6 Å². The van der Waals surface area contributed by atoms with Gasteiger partial charge in [-0.1, -0.05) is 30.3 Å². The molecule has 0 unspecified atom stereocenters. The van der Waals surface area contributed by atoms with E-state index in [2.05, 4.69) is 22.6 Å². The predicted molar refractivity (Wildman–Crippen MR) is 101 cm³/mol. The van der Waals surface area contributed by atoms with Crippen molar-refractivity contribution in [2.24, 2.45) is 0 Å². The molecule has 1 heterocycles. The molecule has 4 nitrogen and oxygen atoms in total. The van der Waals surface area contributed by atoms with Gasteiger partial charge in [0.05, 0.1) is 0 Å². The first-order valence-electron chi connectivity index (χ1n) is 7.34. The van der Waals surface area contributed by atoms with Gasteiger partial charge in [-0.2, -0.15) is 0 Å². The molecule has 0 bridgehead atoms. The van der Waals surface area contributed by atoms with Crippen LogP contribution in [0.2, 0.25) is 0 Å². The van der Waals surface area contributed by atoms with Gasteiger partial charge in [0.15, 0.2) is 0 Å². The average Bonchev–Trinajstić information content (AvgIpc) is 2.58. The Balaban J connectivity index is 1.68. The summed E-state index contributed by atoms with van der Waals surface area (Å²) in [6.45, 7) is -0.113. The van der Waals surface area contributed by atoms with E-state index in [1.807, 2.05) is 36.4 Å². The molecule has 0 radical (unpaired) electrons. The van der Waals surface area contributed by atoms with Crippen LogP contribution in [0.5, 0.6) is 5.75 Å². The van der Waals surface area contributed by atoms with E-state index in [-0.39, 0.29) is 12.1 Å². The van der Waals surface area contributed by atoms with Crippen molar-refractivity contribution in [3.63, 3.8) is 0 Å². The van der Waals surface area contributed by atoms with E-state index in [0.717, 1.165) is 11.1 Å². The maximum atomic E-state index is 11.9. The quantitative estimate of drug-likeness (QED) is 0.360. The summed E-state index contributed by atoms with van der Waals surface area (Å²) in [5.41, 5.74) is 1.91. The van der Waals surface area contributed by atoms with Crippen molar-refractivity contribution in [2.45, 2.75) is 6.54 Å². The highest BCUT2D eigenvalue weighted by molar-refractivity contribution is 14.1. The molecule has 0 N–H and O–H groups in total. The second-order valence-electron chi connectivity index (χ2n) is 5.17. The van der Waals surface area contributed by atoms with Crippen molar-refractivity contribution < 1.29 is 9.53 Å². The normalized spacial score (nSPS) is 10.4. The first-order chi connectivity index (χ1) is 11.6. The zero-order valence-corrected chi connectivity index (χ0v) is 14.8. The molecule has 0 aliphatic carbocycles. The number of pyridine rings is 1. The molecule has 120 valence electrons. The average molecular weight is 431 g/mol. The van der Waals surface area contributed by atoms with Gasteiger partial charge in [-0.3, -0.25) is 4.79 Å². The Labute approximate surface area is 152 Å². The second kappa shape index (κ2) is 7.44. The molecule has 0 aliphatic rings. The van der Waals surface area contributed by atoms with E-state index in [1.54, 1.807) is 30.5 Å². The monoisotopic (exact) mass is 431 g/mol. The first kappa shape index (κ1) is 16.4. The number of aromatic nitrogens is 1. The lowest BCUT2D eigenvalue weighted by molar-refractivity contribution is -0.135. The zero-order valence-electron chi connectivity index (χ0n) is 12.7. The fraction of sp³-hybridized carbons (Fsp3) is 0.0526. The van der Waals surface area contributed by atoms with Crippen LogP contribution in [0.15, 0.2) is 77.7 Å². The summed E-state index contributed by atoms with van der Waals surface area (Å²) < 4.78 is 7.77. The molecule has 0 fully saturated rings. The van der Waals surface area contributed by atoms with Crippen molar-refractivity contribution in [1.82, 2.24) is 4.57 Å². The number of nitrogens with zero attached hydrogens (tertiary/aromatic N) is 1. The Hall–Kier alpha value is -2.41. The molecule has 3 rings (SSSR count). The van der Waals surface area contributed by atoms with Crippen LogP contribution in [0.4, 0.5) is 0 Å². The van der Waals surface area contributed by atoms with Gasteiger partial charge in [-0.15, -0.1) is 0 Å². The van der Waals surface area contributed by atoms with Gasteiger partial charge < -0.3 is 9.30 Å². The number of hydrogen-bond acceptors (Lipinski definition) is 3. The fourth-order valence-corrected chi connectivity index (χ4v) is 2.61. The summed E-state index contributed by atoms with van der Waals surface area (Å²) in [5, 5.41) is 0. The topological polar surface area (TPSA) is 48.3 Å². The zero-order chi connectivity index (χ0) is 16.9. The molecule has 3 aromatic rings. The van der Waals surface area contributed by atoms with Gasteiger partial charge in [0.25, 0.3) is 5.56 Å². The molecule has 2 aromatic carbocycles. The molecule has 0 saturated heterocycles. The first-order valence-corrected chi connectivity index (χ1v) is 8.42. The van der Waals surface area contributed by atoms with Crippen LogP contribution in [0.25, 0.3) is 11.1 Å². The van der Waals surface area contributed by atoms with E-state index < -0.39 is 5.97 Å². The van der Waals surface area contributed by atoms with Gasteiger partial charge in [-0.25, -0.2) is 4.79 Å². The number of hydrogen-bond donors (Lipinski definition) is 0. The van der Waals surface area contributed by atoms with Crippen molar-refractivity contribution in [2.75, 3.05) is 0 Å². The number of esters is 1. The predicted octanol–water partition coefficient (Wildman–Crippen LogP) is 3.73. The summed E-state index contributed by atoms with van der Waals surface area (Å²) in [7, 11) is 0. The Morgan fingerprint density at radius 2 is 1.54 bits per heavy atom. The van der Waals surface area contributed by atoms with Gasteiger partial charge >= 0.3 is 5.97 Å². The minimum absolute atomic E-state index is 0.113. The molecule has 0 atom stereocenters. The third kappa shape index (κ3) is 4.11. The number of carbonyl (C=O) groups excluding carboxylic acids is 1. The van der Waals surface area contributed by atoms with E-state index in [0.29, 0.717) is 5.75 Å². The van der Waals surface area contributed by atoms with Crippen LogP contribution in [-0.2, 0) is 11.3 Å². The van der Waals surface area contributed by atoms with E-state index in [9.17, 15) is 9.59 Å². The molecule has 0 saturated carbocycles. The molecule has 1 aromatic heterocycles. The van der Waals surface area contributed by atoms with Crippen molar-refractivity contribution in [1.29, 1.82) is 0 Å². The number of rotatable bonds is 4. The van der Waals surface area contributed by atoms with Crippen LogP contribution in [0.3, 0.4) is 0 Å². The molecular formula is C19H14INO3. The fourth-order valence-electron chi connectivity index (χ4n) is 2.25. The van der Waals surface area contributed by atoms with Gasteiger partial charge in [0, 0.05) is 15.8 Å². The molecular weight excluding hydrogens is 417 g/mol. The van der Waals surface area contributed by atoms with Crippen LogP contribution >= 0.6 is 22.6 Å². The third-order valence-corrected chi connectivity index (χ3v) is 4.18. The summed E-state index contributed by atoms with van der Waals surface area (Å²) in [4.78, 5) is 23.5. The van der Waals surface area contributed by atoms with Crippen LogP contribution in [-0.4, -0.2) is 10.5 Å². The lowest BCUT2D eigenvalue weighted by atomic mass is 10.1. The Morgan fingerprint density at radius 3 is 2.17 bits per heavy atom. The lowest BCUT2D eigenvalue weighted by Gasteiger charge is -2.07. The lowest BCUT2D eigenvalue weighted by Crippen LogP contribution is -2.25. The summed E-state index contributed by atoms with van der Waals surface area (Å²) in [6.07, 6.45) is 1.56. The minimum atomic E-state index is -0.481. The summed E-state index contributed by atoms with van der Waals surface area (Å²) >= 11 is 2.26. The summed E-state index contributed by atoms with van der Waals surface area (Å²) in [6, 6.07) is 20.2. The van der Waals surface area contributed by atoms with E-state index in [1.165, 1.54) is 14.2 Å². The van der Waals surface area contributed by atoms with Crippen molar-refractivity contribution in [3.8, 4) is 16.9 Å². The smallest absolute Gasteiger partial charge is 0.331 e. The molecule has 5 heteroatoms.